The molecule has 4 nitrogen and oxygen atoms in total. The molecule has 0 radical (unpaired) electrons. The molecule has 0 aliphatic heterocycles. The first-order valence-corrected chi connectivity index (χ1v) is 5.57. The van der Waals surface area contributed by atoms with E-state index in [9.17, 15) is 9.59 Å². The SMILES string of the molecule is N#Cc1c(Br)c(=O)c2c(C#N)c(Br)c(=O)c1=2. The molecule has 0 atom stereocenters. The Morgan fingerprint density at radius 2 is 1.12 bits per heavy atom. The molecule has 6 heteroatoms. The number of halogens is 2. The summed E-state index contributed by atoms with van der Waals surface area (Å²) in [6, 6.07) is 3.57. The average molecular weight is 340 g/mol. The standard InChI is InChI=1S/C10Br2N2O2/c11-7-3(1-13)5-6(10(7)16)4(2-14)8(12)9(5)15. The highest BCUT2D eigenvalue weighted by molar-refractivity contribution is 9.10. The first kappa shape index (κ1) is 11.0. The zero-order chi connectivity index (χ0) is 12.0. The first-order valence-electron chi connectivity index (χ1n) is 3.98. The van der Waals surface area contributed by atoms with E-state index in [-0.39, 0.29) is 30.5 Å². The molecule has 76 valence electrons. The molecular weight excluding hydrogens is 340 g/mol. The Morgan fingerprint density at radius 1 is 0.812 bits per heavy atom. The summed E-state index contributed by atoms with van der Waals surface area (Å²) in [6.45, 7) is 0. The van der Waals surface area contributed by atoms with Crippen LogP contribution < -0.4 is 10.9 Å². The zero-order valence-electron chi connectivity index (χ0n) is 7.47. The van der Waals surface area contributed by atoms with Crippen molar-refractivity contribution in [1.82, 2.24) is 0 Å². The smallest absolute Gasteiger partial charge is 0.203 e. The Morgan fingerprint density at radius 3 is 1.38 bits per heavy atom. The van der Waals surface area contributed by atoms with Crippen molar-refractivity contribution in [2.45, 2.75) is 0 Å². The van der Waals surface area contributed by atoms with E-state index in [1.165, 1.54) is 0 Å². The summed E-state index contributed by atoms with van der Waals surface area (Å²) < 4.78 is 0.0854. The molecule has 0 amide bonds. The van der Waals surface area contributed by atoms with E-state index in [1.807, 2.05) is 0 Å². The minimum absolute atomic E-state index is 0.00722. The van der Waals surface area contributed by atoms with Gasteiger partial charge >= 0.3 is 0 Å². The van der Waals surface area contributed by atoms with E-state index >= 15 is 0 Å². The molecule has 16 heavy (non-hydrogen) atoms. The molecule has 0 aromatic rings. The van der Waals surface area contributed by atoms with Crippen molar-refractivity contribution >= 4 is 31.9 Å². The molecule has 0 aromatic heterocycles. The van der Waals surface area contributed by atoms with Crippen LogP contribution in [0.1, 0.15) is 11.1 Å². The van der Waals surface area contributed by atoms with Crippen molar-refractivity contribution in [1.29, 1.82) is 10.5 Å². The fourth-order valence-corrected chi connectivity index (χ4v) is 2.55. The van der Waals surface area contributed by atoms with Crippen LogP contribution in [-0.2, 0) is 0 Å². The van der Waals surface area contributed by atoms with E-state index in [2.05, 4.69) is 31.9 Å². The van der Waals surface area contributed by atoms with Gasteiger partial charge < -0.3 is 0 Å². The van der Waals surface area contributed by atoms with Crippen molar-refractivity contribution in [2.24, 2.45) is 0 Å². The van der Waals surface area contributed by atoms with E-state index in [1.54, 1.807) is 12.1 Å². The third-order valence-corrected chi connectivity index (χ3v) is 3.78. The van der Waals surface area contributed by atoms with Crippen LogP contribution in [0, 0.1) is 33.1 Å². The summed E-state index contributed by atoms with van der Waals surface area (Å²) in [5.74, 6) is 0. The first-order chi connectivity index (χ1) is 7.54. The van der Waals surface area contributed by atoms with Crippen molar-refractivity contribution in [3.63, 3.8) is 0 Å². The summed E-state index contributed by atoms with van der Waals surface area (Å²) in [6.07, 6.45) is 0. The van der Waals surface area contributed by atoms with Crippen LogP contribution in [0.5, 0.6) is 0 Å². The van der Waals surface area contributed by atoms with E-state index < -0.39 is 10.9 Å². The van der Waals surface area contributed by atoms with Gasteiger partial charge in [0.2, 0.25) is 10.9 Å². The molecule has 0 fully saturated rings. The van der Waals surface area contributed by atoms with Crippen LogP contribution in [0.15, 0.2) is 18.5 Å². The Bertz CT molecular complexity index is 761. The van der Waals surface area contributed by atoms with Gasteiger partial charge in [-0.1, -0.05) is 0 Å². The second-order valence-electron chi connectivity index (χ2n) is 3.01. The highest BCUT2D eigenvalue weighted by atomic mass is 79.9. The lowest BCUT2D eigenvalue weighted by Crippen LogP contribution is -2.00. The molecule has 2 rings (SSSR count). The number of hydrogen-bond donors (Lipinski definition) is 0. The fraction of sp³-hybridized carbons (Fsp3) is 0. The lowest BCUT2D eigenvalue weighted by Gasteiger charge is -1.83. The summed E-state index contributed by atoms with van der Waals surface area (Å²) in [5, 5.41) is 17.8. The van der Waals surface area contributed by atoms with E-state index in [0.717, 1.165) is 0 Å². The quantitative estimate of drug-likeness (QED) is 0.723. The second kappa shape index (κ2) is 3.51. The second-order valence-corrected chi connectivity index (χ2v) is 4.60. The molecule has 0 heterocycles. The van der Waals surface area contributed by atoms with Gasteiger partial charge in [0.15, 0.2) is 0 Å². The number of nitriles is 2. The Hall–Kier alpha value is -1.50. The van der Waals surface area contributed by atoms with Crippen LogP contribution in [0.4, 0.5) is 0 Å². The van der Waals surface area contributed by atoms with Crippen LogP contribution in [0.25, 0.3) is 0 Å². The van der Waals surface area contributed by atoms with Gasteiger partial charge in [-0.2, -0.15) is 10.5 Å². The zero-order valence-corrected chi connectivity index (χ0v) is 10.6. The maximum absolute atomic E-state index is 11.7. The molecule has 0 spiro atoms. The van der Waals surface area contributed by atoms with Crippen LogP contribution in [0.2, 0.25) is 0 Å². The molecule has 0 aromatic carbocycles. The number of hydrogen-bond acceptors (Lipinski definition) is 4. The Labute approximate surface area is 105 Å². The fourth-order valence-electron chi connectivity index (χ4n) is 1.58. The monoisotopic (exact) mass is 338 g/mol. The normalized spacial score (nSPS) is 10.2. The van der Waals surface area contributed by atoms with Gasteiger partial charge in [0.1, 0.15) is 12.1 Å². The Balaban J connectivity index is 3.36. The van der Waals surface area contributed by atoms with Gasteiger partial charge in [0, 0.05) is 0 Å². The minimum atomic E-state index is -0.495. The van der Waals surface area contributed by atoms with Crippen LogP contribution in [0.3, 0.4) is 0 Å². The van der Waals surface area contributed by atoms with Gasteiger partial charge in [0.25, 0.3) is 0 Å². The van der Waals surface area contributed by atoms with Gasteiger partial charge in [-0.15, -0.1) is 0 Å². The van der Waals surface area contributed by atoms with Crippen LogP contribution in [-0.4, -0.2) is 0 Å². The molecule has 0 saturated carbocycles. The summed E-state index contributed by atoms with van der Waals surface area (Å²) in [4.78, 5) is 23.5. The van der Waals surface area contributed by atoms with Gasteiger partial charge in [-0.05, 0) is 31.9 Å². The third kappa shape index (κ3) is 1.12. The molecule has 0 unspecified atom stereocenters. The largest absolute Gasteiger partial charge is 0.288 e. The highest BCUT2D eigenvalue weighted by Crippen LogP contribution is 2.21. The van der Waals surface area contributed by atoms with Gasteiger partial charge in [-0.3, -0.25) is 9.59 Å². The maximum atomic E-state index is 11.7. The average Bonchev–Trinajstić information content (AvgIpc) is 2.66. The van der Waals surface area contributed by atoms with Gasteiger partial charge in [0.05, 0.1) is 30.5 Å². The molecule has 0 saturated heterocycles. The van der Waals surface area contributed by atoms with Crippen molar-refractivity contribution in [2.75, 3.05) is 0 Å². The summed E-state index contributed by atoms with van der Waals surface area (Å²) >= 11 is 5.91. The highest BCUT2D eigenvalue weighted by Gasteiger charge is 2.22. The Kier molecular flexibility index (Phi) is 2.42. The topological polar surface area (TPSA) is 81.7 Å². The van der Waals surface area contributed by atoms with Crippen molar-refractivity contribution in [3.05, 3.63) is 51.0 Å². The maximum Gasteiger partial charge on any atom is 0.203 e. The molecule has 0 bridgehead atoms. The molecule has 0 N–H and O–H groups in total. The lowest BCUT2D eigenvalue weighted by atomic mass is 10.3. The number of rotatable bonds is 0. The lowest BCUT2D eigenvalue weighted by molar-refractivity contribution is 1.44. The summed E-state index contributed by atoms with van der Waals surface area (Å²) in [5.41, 5.74) is -1.00. The molecule has 2 aliphatic rings. The van der Waals surface area contributed by atoms with Crippen molar-refractivity contribution < 1.29 is 0 Å². The van der Waals surface area contributed by atoms with E-state index in [4.69, 9.17) is 10.5 Å². The van der Waals surface area contributed by atoms with E-state index in [0.29, 0.717) is 0 Å². The predicted octanol–water partition coefficient (Wildman–Crippen LogP) is 1.28. The molecule has 2 aliphatic carbocycles. The number of nitrogens with zero attached hydrogens (tertiary/aromatic N) is 2. The minimum Gasteiger partial charge on any atom is -0.288 e. The molecular formula is C10Br2N2O2. The predicted molar refractivity (Wildman–Crippen MR) is 61.5 cm³/mol. The van der Waals surface area contributed by atoms with Crippen molar-refractivity contribution in [3.8, 4) is 12.1 Å². The van der Waals surface area contributed by atoms with Crippen LogP contribution >= 0.6 is 31.9 Å². The summed E-state index contributed by atoms with van der Waals surface area (Å²) in [7, 11) is 0. The third-order valence-electron chi connectivity index (χ3n) is 2.27. The van der Waals surface area contributed by atoms with Gasteiger partial charge in [-0.25, -0.2) is 0 Å².